The Hall–Kier alpha value is -1.70. The molecule has 1 rings (SSSR count). The SMILES string of the molecule is CC(Br)Nc1ccc([N+](=O)[O-])cc1[N+](=O)[O-]. The average Bonchev–Trinajstić information content (AvgIpc) is 2.16. The largest absolute Gasteiger partial charge is 0.367 e. The van der Waals surface area contributed by atoms with Crippen molar-refractivity contribution in [2.45, 2.75) is 11.9 Å². The van der Waals surface area contributed by atoms with Crippen LogP contribution in [0.1, 0.15) is 6.92 Å². The van der Waals surface area contributed by atoms with E-state index in [2.05, 4.69) is 21.2 Å². The van der Waals surface area contributed by atoms with Crippen molar-refractivity contribution in [2.24, 2.45) is 0 Å². The number of nitrogens with zero attached hydrogens (tertiary/aromatic N) is 2. The van der Waals surface area contributed by atoms with Gasteiger partial charge in [-0.1, -0.05) is 15.9 Å². The van der Waals surface area contributed by atoms with Crippen molar-refractivity contribution in [1.29, 1.82) is 0 Å². The highest BCUT2D eigenvalue weighted by Crippen LogP contribution is 2.29. The summed E-state index contributed by atoms with van der Waals surface area (Å²) in [7, 11) is 0. The predicted molar refractivity (Wildman–Crippen MR) is 61.8 cm³/mol. The van der Waals surface area contributed by atoms with E-state index in [0.29, 0.717) is 0 Å². The highest BCUT2D eigenvalue weighted by atomic mass is 79.9. The van der Waals surface area contributed by atoms with E-state index in [1.54, 1.807) is 6.92 Å². The van der Waals surface area contributed by atoms with Gasteiger partial charge in [0.1, 0.15) is 5.69 Å². The van der Waals surface area contributed by atoms with Crippen LogP contribution < -0.4 is 5.32 Å². The summed E-state index contributed by atoms with van der Waals surface area (Å²) >= 11 is 3.17. The summed E-state index contributed by atoms with van der Waals surface area (Å²) in [6.45, 7) is 1.74. The van der Waals surface area contributed by atoms with Crippen molar-refractivity contribution in [3.05, 3.63) is 38.4 Å². The van der Waals surface area contributed by atoms with E-state index < -0.39 is 9.85 Å². The second-order valence-electron chi connectivity index (χ2n) is 2.98. The van der Waals surface area contributed by atoms with Crippen LogP contribution in [-0.4, -0.2) is 14.8 Å². The number of nitro groups is 2. The third-order valence-electron chi connectivity index (χ3n) is 1.74. The molecule has 1 unspecified atom stereocenters. The molecule has 0 aliphatic heterocycles. The third kappa shape index (κ3) is 2.89. The molecule has 0 aliphatic carbocycles. The number of alkyl halides is 1. The number of rotatable bonds is 4. The van der Waals surface area contributed by atoms with E-state index in [0.717, 1.165) is 6.07 Å². The third-order valence-corrected chi connectivity index (χ3v) is 1.97. The Morgan fingerprint density at radius 2 is 1.94 bits per heavy atom. The van der Waals surface area contributed by atoms with E-state index in [1.165, 1.54) is 12.1 Å². The fourth-order valence-corrected chi connectivity index (χ4v) is 1.37. The van der Waals surface area contributed by atoms with Crippen LogP contribution in [0.4, 0.5) is 17.1 Å². The van der Waals surface area contributed by atoms with Crippen molar-refractivity contribution in [3.63, 3.8) is 0 Å². The summed E-state index contributed by atoms with van der Waals surface area (Å²) in [6.07, 6.45) is 0. The molecule has 0 heterocycles. The zero-order chi connectivity index (χ0) is 12.3. The van der Waals surface area contributed by atoms with E-state index in [4.69, 9.17) is 0 Å². The lowest BCUT2D eigenvalue weighted by molar-refractivity contribution is -0.393. The van der Waals surface area contributed by atoms with E-state index in [-0.39, 0.29) is 22.0 Å². The molecule has 0 bridgehead atoms. The Morgan fingerprint density at radius 3 is 2.38 bits per heavy atom. The molecule has 1 aromatic carbocycles. The minimum Gasteiger partial charge on any atom is -0.367 e. The first-order valence-electron chi connectivity index (χ1n) is 4.25. The molecular formula is C8H8BrN3O4. The Bertz CT molecular complexity index is 435. The van der Waals surface area contributed by atoms with Gasteiger partial charge in [-0.2, -0.15) is 0 Å². The highest BCUT2D eigenvalue weighted by Gasteiger charge is 2.19. The monoisotopic (exact) mass is 289 g/mol. The van der Waals surface area contributed by atoms with Gasteiger partial charge >= 0.3 is 0 Å². The minimum absolute atomic E-state index is 0.173. The Morgan fingerprint density at radius 1 is 1.31 bits per heavy atom. The van der Waals surface area contributed by atoms with Gasteiger partial charge in [0.2, 0.25) is 0 Å². The normalized spacial score (nSPS) is 11.9. The van der Waals surface area contributed by atoms with Gasteiger partial charge in [0, 0.05) is 6.07 Å². The number of hydrogen-bond acceptors (Lipinski definition) is 5. The van der Waals surface area contributed by atoms with E-state index in [1.807, 2.05) is 0 Å². The molecule has 0 fully saturated rings. The molecule has 0 saturated heterocycles. The van der Waals surface area contributed by atoms with Crippen LogP contribution in [0.2, 0.25) is 0 Å². The van der Waals surface area contributed by atoms with Gasteiger partial charge in [0.25, 0.3) is 11.4 Å². The van der Waals surface area contributed by atoms with Crippen LogP contribution in [0.5, 0.6) is 0 Å². The molecule has 1 N–H and O–H groups in total. The van der Waals surface area contributed by atoms with Crippen molar-refractivity contribution >= 4 is 33.0 Å². The molecular weight excluding hydrogens is 282 g/mol. The van der Waals surface area contributed by atoms with Gasteiger partial charge in [0.15, 0.2) is 0 Å². The molecule has 0 aromatic heterocycles. The van der Waals surface area contributed by atoms with Crippen LogP contribution >= 0.6 is 15.9 Å². The second-order valence-corrected chi connectivity index (χ2v) is 4.35. The maximum absolute atomic E-state index is 10.7. The summed E-state index contributed by atoms with van der Waals surface area (Å²) in [6, 6.07) is 3.45. The maximum Gasteiger partial charge on any atom is 0.299 e. The summed E-state index contributed by atoms with van der Waals surface area (Å²) in [5.74, 6) is 0. The number of nitrogens with one attached hydrogen (secondary N) is 1. The summed E-state index contributed by atoms with van der Waals surface area (Å²) in [4.78, 5) is 19.7. The van der Waals surface area contributed by atoms with Gasteiger partial charge < -0.3 is 5.32 Å². The zero-order valence-corrected chi connectivity index (χ0v) is 9.80. The molecule has 0 saturated carbocycles. The molecule has 8 heteroatoms. The van der Waals surface area contributed by atoms with Crippen LogP contribution in [0, 0.1) is 20.2 Å². The summed E-state index contributed by atoms with van der Waals surface area (Å²) in [5, 5.41) is 23.9. The first kappa shape index (κ1) is 12.4. The Labute approximate surface area is 98.9 Å². The zero-order valence-electron chi connectivity index (χ0n) is 8.21. The number of halogens is 1. The topological polar surface area (TPSA) is 98.3 Å². The Balaban J connectivity index is 3.19. The molecule has 1 atom stereocenters. The number of nitro benzene ring substituents is 2. The molecule has 1 aromatic rings. The van der Waals surface area contributed by atoms with Gasteiger partial charge in [-0.3, -0.25) is 20.2 Å². The molecule has 0 amide bonds. The van der Waals surface area contributed by atoms with E-state index in [9.17, 15) is 20.2 Å². The van der Waals surface area contributed by atoms with Gasteiger partial charge in [-0.25, -0.2) is 0 Å². The first-order chi connectivity index (χ1) is 7.41. The van der Waals surface area contributed by atoms with Crippen LogP contribution in [0.15, 0.2) is 18.2 Å². The van der Waals surface area contributed by atoms with Crippen LogP contribution in [-0.2, 0) is 0 Å². The molecule has 0 spiro atoms. The number of non-ortho nitro benzene ring substituents is 1. The quantitative estimate of drug-likeness (QED) is 0.398. The lowest BCUT2D eigenvalue weighted by Gasteiger charge is -2.08. The van der Waals surface area contributed by atoms with Gasteiger partial charge in [-0.05, 0) is 13.0 Å². The highest BCUT2D eigenvalue weighted by molar-refractivity contribution is 9.09. The summed E-state index contributed by atoms with van der Waals surface area (Å²) in [5.41, 5.74) is -0.389. The van der Waals surface area contributed by atoms with Crippen molar-refractivity contribution in [2.75, 3.05) is 5.32 Å². The average molecular weight is 290 g/mol. The number of anilines is 1. The standard InChI is InChI=1S/C8H8BrN3O4/c1-5(9)10-7-3-2-6(11(13)14)4-8(7)12(15)16/h2-5,10H,1H3. The van der Waals surface area contributed by atoms with Crippen molar-refractivity contribution in [1.82, 2.24) is 0 Å². The number of hydrogen-bond donors (Lipinski definition) is 1. The van der Waals surface area contributed by atoms with Gasteiger partial charge in [0.05, 0.1) is 20.9 Å². The van der Waals surface area contributed by atoms with Crippen LogP contribution in [0.3, 0.4) is 0 Å². The lowest BCUT2D eigenvalue weighted by atomic mass is 10.2. The predicted octanol–water partition coefficient (Wildman–Crippen LogP) is 2.66. The van der Waals surface area contributed by atoms with Crippen molar-refractivity contribution in [3.8, 4) is 0 Å². The van der Waals surface area contributed by atoms with Crippen LogP contribution in [0.25, 0.3) is 0 Å². The molecule has 0 aliphatic rings. The molecule has 86 valence electrons. The Kier molecular flexibility index (Phi) is 3.78. The van der Waals surface area contributed by atoms with E-state index >= 15 is 0 Å². The number of benzene rings is 1. The molecule has 7 nitrogen and oxygen atoms in total. The van der Waals surface area contributed by atoms with Crippen molar-refractivity contribution < 1.29 is 9.85 Å². The second kappa shape index (κ2) is 4.88. The summed E-state index contributed by atoms with van der Waals surface area (Å²) < 4.78 is 0. The van der Waals surface area contributed by atoms with Gasteiger partial charge in [-0.15, -0.1) is 0 Å². The smallest absolute Gasteiger partial charge is 0.299 e. The fourth-order valence-electron chi connectivity index (χ4n) is 1.12. The molecule has 16 heavy (non-hydrogen) atoms. The fraction of sp³-hybridized carbons (Fsp3) is 0.250. The minimum atomic E-state index is -0.672. The maximum atomic E-state index is 10.7. The first-order valence-corrected chi connectivity index (χ1v) is 5.17. The molecule has 0 radical (unpaired) electrons. The lowest BCUT2D eigenvalue weighted by Crippen LogP contribution is -2.08.